The maximum atomic E-state index is 12.0. The molecule has 20 heavy (non-hydrogen) atoms. The number of carbonyl (C=O) groups excluding carboxylic acids is 1. The molecular weight excluding hydrogens is 256 g/mol. The summed E-state index contributed by atoms with van der Waals surface area (Å²) in [5.74, 6) is -0.948. The number of nitrogens with one attached hydrogen (secondary N) is 1. The molecule has 1 aliphatic carbocycles. The molecule has 0 saturated heterocycles. The van der Waals surface area contributed by atoms with E-state index in [4.69, 9.17) is 5.11 Å². The van der Waals surface area contributed by atoms with E-state index in [0.29, 0.717) is 6.54 Å². The number of benzene rings is 1. The Hall–Kier alpha value is -2.30. The van der Waals surface area contributed by atoms with Gasteiger partial charge in [-0.15, -0.1) is 0 Å². The minimum absolute atomic E-state index is 0.110. The molecule has 106 valence electrons. The second kappa shape index (κ2) is 6.23. The fourth-order valence-corrected chi connectivity index (χ4v) is 2.12. The standard InChI is InChI=1S/C15H18N2O3/c1-17(15(20)16-13-4-2-3-5-13)10-11-6-8-12(9-7-11)14(18)19/h2-3,6-9,13H,4-5,10H2,1H3,(H,16,20)(H,18,19). The molecule has 0 spiro atoms. The van der Waals surface area contributed by atoms with Gasteiger partial charge in [0.15, 0.2) is 0 Å². The number of nitrogens with zero attached hydrogens (tertiary/aromatic N) is 1. The first-order valence-electron chi connectivity index (χ1n) is 6.55. The summed E-state index contributed by atoms with van der Waals surface area (Å²) in [7, 11) is 1.73. The highest BCUT2D eigenvalue weighted by molar-refractivity contribution is 5.87. The van der Waals surface area contributed by atoms with Crippen LogP contribution in [0.15, 0.2) is 36.4 Å². The fourth-order valence-electron chi connectivity index (χ4n) is 2.12. The van der Waals surface area contributed by atoms with Gasteiger partial charge in [-0.3, -0.25) is 0 Å². The SMILES string of the molecule is CN(Cc1ccc(C(=O)O)cc1)C(=O)NC1CC=CC1. The predicted molar refractivity (Wildman–Crippen MR) is 75.6 cm³/mol. The van der Waals surface area contributed by atoms with Crippen LogP contribution >= 0.6 is 0 Å². The molecule has 2 amide bonds. The van der Waals surface area contributed by atoms with Crippen molar-refractivity contribution in [3.8, 4) is 0 Å². The lowest BCUT2D eigenvalue weighted by Crippen LogP contribution is -2.41. The normalized spacial score (nSPS) is 14.2. The Morgan fingerprint density at radius 1 is 1.25 bits per heavy atom. The second-order valence-electron chi connectivity index (χ2n) is 4.95. The quantitative estimate of drug-likeness (QED) is 0.827. The van der Waals surface area contributed by atoms with E-state index >= 15 is 0 Å². The van der Waals surface area contributed by atoms with E-state index < -0.39 is 5.97 Å². The summed E-state index contributed by atoms with van der Waals surface area (Å²) >= 11 is 0. The number of urea groups is 1. The third kappa shape index (κ3) is 3.60. The van der Waals surface area contributed by atoms with Crippen LogP contribution in [-0.4, -0.2) is 35.1 Å². The van der Waals surface area contributed by atoms with Gasteiger partial charge in [0.2, 0.25) is 0 Å². The molecule has 1 aromatic rings. The van der Waals surface area contributed by atoms with E-state index in [2.05, 4.69) is 17.5 Å². The van der Waals surface area contributed by atoms with E-state index in [1.54, 1.807) is 36.2 Å². The first-order chi connectivity index (χ1) is 9.56. The molecule has 5 nitrogen and oxygen atoms in total. The van der Waals surface area contributed by atoms with Crippen molar-refractivity contribution in [3.63, 3.8) is 0 Å². The number of hydrogen-bond donors (Lipinski definition) is 2. The highest BCUT2D eigenvalue weighted by atomic mass is 16.4. The van der Waals surface area contributed by atoms with Gasteiger partial charge in [-0.1, -0.05) is 24.3 Å². The molecule has 2 rings (SSSR count). The van der Waals surface area contributed by atoms with Crippen LogP contribution in [0.2, 0.25) is 0 Å². The van der Waals surface area contributed by atoms with Gasteiger partial charge in [0.25, 0.3) is 0 Å². The van der Waals surface area contributed by atoms with Crippen LogP contribution in [0.25, 0.3) is 0 Å². The summed E-state index contributed by atoms with van der Waals surface area (Å²) in [6.45, 7) is 0.450. The molecule has 0 aromatic heterocycles. The van der Waals surface area contributed by atoms with Crippen LogP contribution in [-0.2, 0) is 6.54 Å². The zero-order chi connectivity index (χ0) is 14.5. The van der Waals surface area contributed by atoms with Crippen molar-refractivity contribution in [1.82, 2.24) is 10.2 Å². The minimum Gasteiger partial charge on any atom is -0.478 e. The number of carboxylic acid groups (broad SMARTS) is 1. The third-order valence-corrected chi connectivity index (χ3v) is 3.30. The Balaban J connectivity index is 1.88. The van der Waals surface area contributed by atoms with E-state index in [1.165, 1.54) is 0 Å². The molecule has 0 bridgehead atoms. The summed E-state index contributed by atoms with van der Waals surface area (Å²) in [4.78, 5) is 24.3. The maximum Gasteiger partial charge on any atom is 0.335 e. The van der Waals surface area contributed by atoms with E-state index in [1.807, 2.05) is 0 Å². The Morgan fingerprint density at radius 3 is 2.40 bits per heavy atom. The molecule has 0 unspecified atom stereocenters. The molecule has 0 heterocycles. The van der Waals surface area contributed by atoms with Crippen molar-refractivity contribution in [3.05, 3.63) is 47.5 Å². The number of amides is 2. The van der Waals surface area contributed by atoms with Crippen LogP contribution < -0.4 is 5.32 Å². The zero-order valence-electron chi connectivity index (χ0n) is 11.4. The van der Waals surface area contributed by atoms with Crippen molar-refractivity contribution in [2.24, 2.45) is 0 Å². The summed E-state index contributed by atoms with van der Waals surface area (Å²) in [5, 5.41) is 11.8. The van der Waals surface area contributed by atoms with Crippen molar-refractivity contribution in [2.45, 2.75) is 25.4 Å². The molecule has 0 atom stereocenters. The number of hydrogen-bond acceptors (Lipinski definition) is 2. The first kappa shape index (κ1) is 14.1. The van der Waals surface area contributed by atoms with Gasteiger partial charge >= 0.3 is 12.0 Å². The molecule has 2 N–H and O–H groups in total. The van der Waals surface area contributed by atoms with Crippen molar-refractivity contribution < 1.29 is 14.7 Å². The van der Waals surface area contributed by atoms with E-state index in [0.717, 1.165) is 18.4 Å². The van der Waals surface area contributed by atoms with Crippen LogP contribution in [0.5, 0.6) is 0 Å². The molecule has 0 fully saturated rings. The summed E-state index contributed by atoms with van der Waals surface area (Å²) < 4.78 is 0. The van der Waals surface area contributed by atoms with Crippen LogP contribution in [0.4, 0.5) is 4.79 Å². The van der Waals surface area contributed by atoms with Crippen LogP contribution in [0.3, 0.4) is 0 Å². The van der Waals surface area contributed by atoms with Gasteiger partial charge in [0.1, 0.15) is 0 Å². The Morgan fingerprint density at radius 2 is 1.85 bits per heavy atom. The smallest absolute Gasteiger partial charge is 0.335 e. The largest absolute Gasteiger partial charge is 0.478 e. The fraction of sp³-hybridized carbons (Fsp3) is 0.333. The first-order valence-corrected chi connectivity index (χ1v) is 6.55. The highest BCUT2D eigenvalue weighted by Gasteiger charge is 2.16. The van der Waals surface area contributed by atoms with Crippen LogP contribution in [0.1, 0.15) is 28.8 Å². The third-order valence-electron chi connectivity index (χ3n) is 3.30. The summed E-state index contributed by atoms with van der Waals surface area (Å²) in [6, 6.07) is 6.63. The molecule has 5 heteroatoms. The monoisotopic (exact) mass is 274 g/mol. The second-order valence-corrected chi connectivity index (χ2v) is 4.95. The lowest BCUT2D eigenvalue weighted by molar-refractivity contribution is 0.0697. The van der Waals surface area contributed by atoms with Gasteiger partial charge in [0.05, 0.1) is 5.56 Å². The number of carbonyl (C=O) groups is 2. The van der Waals surface area contributed by atoms with E-state index in [9.17, 15) is 9.59 Å². The Bertz CT molecular complexity index is 514. The number of rotatable bonds is 4. The molecule has 1 aromatic carbocycles. The minimum atomic E-state index is -0.948. The summed E-state index contributed by atoms with van der Waals surface area (Å²) in [6.07, 6.45) is 5.89. The molecule has 0 saturated carbocycles. The van der Waals surface area contributed by atoms with E-state index in [-0.39, 0.29) is 17.6 Å². The molecule has 0 radical (unpaired) electrons. The van der Waals surface area contributed by atoms with Crippen molar-refractivity contribution in [2.75, 3.05) is 7.05 Å². The van der Waals surface area contributed by atoms with Crippen molar-refractivity contribution in [1.29, 1.82) is 0 Å². The molecule has 0 aliphatic heterocycles. The average molecular weight is 274 g/mol. The lowest BCUT2D eigenvalue weighted by Gasteiger charge is -2.21. The topological polar surface area (TPSA) is 69.6 Å². The van der Waals surface area contributed by atoms with Gasteiger partial charge in [-0.2, -0.15) is 0 Å². The zero-order valence-corrected chi connectivity index (χ0v) is 11.4. The molecular formula is C15H18N2O3. The average Bonchev–Trinajstić information content (AvgIpc) is 2.92. The number of carboxylic acids is 1. The Kier molecular flexibility index (Phi) is 4.40. The highest BCUT2D eigenvalue weighted by Crippen LogP contribution is 2.11. The maximum absolute atomic E-state index is 12.0. The van der Waals surface area contributed by atoms with Gasteiger partial charge in [-0.25, -0.2) is 9.59 Å². The molecule has 1 aliphatic rings. The van der Waals surface area contributed by atoms with Gasteiger partial charge in [-0.05, 0) is 30.5 Å². The van der Waals surface area contributed by atoms with Crippen molar-refractivity contribution >= 4 is 12.0 Å². The number of aromatic carboxylic acids is 1. The van der Waals surface area contributed by atoms with Crippen LogP contribution in [0, 0.1) is 0 Å². The van der Waals surface area contributed by atoms with Gasteiger partial charge < -0.3 is 15.3 Å². The Labute approximate surface area is 117 Å². The lowest BCUT2D eigenvalue weighted by atomic mass is 10.1. The predicted octanol–water partition coefficient (Wildman–Crippen LogP) is 2.24. The van der Waals surface area contributed by atoms with Gasteiger partial charge in [0, 0.05) is 19.6 Å². The summed E-state index contributed by atoms with van der Waals surface area (Å²) in [5.41, 5.74) is 1.15.